The van der Waals surface area contributed by atoms with E-state index in [0.29, 0.717) is 0 Å². The molecule has 1 aromatic heterocycles. The fourth-order valence-electron chi connectivity index (χ4n) is 4.80. The summed E-state index contributed by atoms with van der Waals surface area (Å²) in [7, 11) is -0.406. The maximum Gasteiger partial charge on any atom is 0.494 e. The van der Waals surface area contributed by atoms with Crippen molar-refractivity contribution in [1.29, 1.82) is 0 Å². The zero-order valence-electron chi connectivity index (χ0n) is 20.6. The van der Waals surface area contributed by atoms with Crippen molar-refractivity contribution in [1.82, 2.24) is 4.98 Å². The fraction of sp³-hybridized carbons (Fsp3) is 0.194. The lowest BCUT2D eigenvalue weighted by Crippen LogP contribution is -2.41. The second kappa shape index (κ2) is 8.05. The molecule has 0 radical (unpaired) electrons. The highest BCUT2D eigenvalue weighted by molar-refractivity contribution is 6.62. The first kappa shape index (κ1) is 22.0. The molecule has 4 heteroatoms. The third-order valence-electron chi connectivity index (χ3n) is 7.49. The Balaban J connectivity index is 1.60. The molecule has 3 nitrogen and oxygen atoms in total. The van der Waals surface area contributed by atoms with Gasteiger partial charge >= 0.3 is 7.12 Å². The molecule has 0 aliphatic carbocycles. The Kier molecular flexibility index (Phi) is 5.06. The molecule has 4 aromatic carbocycles. The smallest absolute Gasteiger partial charge is 0.399 e. The minimum atomic E-state index is -0.406. The van der Waals surface area contributed by atoms with Crippen molar-refractivity contribution in [2.45, 2.75) is 38.9 Å². The van der Waals surface area contributed by atoms with Gasteiger partial charge in [0, 0.05) is 10.9 Å². The van der Waals surface area contributed by atoms with Crippen LogP contribution in [0.3, 0.4) is 0 Å². The molecule has 172 valence electrons. The number of aromatic nitrogens is 1. The minimum absolute atomic E-state index is 0.382. The predicted molar refractivity (Wildman–Crippen MR) is 146 cm³/mol. The van der Waals surface area contributed by atoms with E-state index in [0.717, 1.165) is 33.0 Å². The molecule has 1 aliphatic rings. The van der Waals surface area contributed by atoms with Crippen molar-refractivity contribution in [3.8, 4) is 22.4 Å². The highest BCUT2D eigenvalue weighted by Crippen LogP contribution is 2.38. The van der Waals surface area contributed by atoms with Crippen LogP contribution in [0, 0.1) is 0 Å². The summed E-state index contributed by atoms with van der Waals surface area (Å²) in [5, 5.41) is 3.47. The van der Waals surface area contributed by atoms with Gasteiger partial charge in [0.25, 0.3) is 0 Å². The van der Waals surface area contributed by atoms with Gasteiger partial charge in [-0.05, 0) is 67.2 Å². The van der Waals surface area contributed by atoms with Crippen molar-refractivity contribution >= 4 is 34.3 Å². The lowest BCUT2D eigenvalue weighted by Gasteiger charge is -2.32. The van der Waals surface area contributed by atoms with Crippen LogP contribution >= 0.6 is 0 Å². The van der Waals surface area contributed by atoms with E-state index in [2.05, 4.69) is 119 Å². The molecule has 1 saturated heterocycles. The molecular formula is C31H28BNO2. The molecule has 0 amide bonds. The SMILES string of the molecule is CC1(C)OB(c2ccc3ccc4nc(-c5ccccc5)cc(-c5ccccc5)c4c3c2)OC1(C)C. The number of pyridine rings is 1. The number of benzene rings is 4. The van der Waals surface area contributed by atoms with Crippen molar-refractivity contribution in [3.05, 3.63) is 97.1 Å². The molecule has 0 unspecified atom stereocenters. The quantitative estimate of drug-likeness (QED) is 0.216. The van der Waals surface area contributed by atoms with Crippen LogP contribution in [0.25, 0.3) is 44.1 Å². The van der Waals surface area contributed by atoms with Crippen LogP contribution in [0.4, 0.5) is 0 Å². The van der Waals surface area contributed by atoms with Gasteiger partial charge in [0.2, 0.25) is 0 Å². The first-order valence-electron chi connectivity index (χ1n) is 12.2. The van der Waals surface area contributed by atoms with Crippen molar-refractivity contribution in [2.24, 2.45) is 0 Å². The van der Waals surface area contributed by atoms with Crippen LogP contribution in [0.5, 0.6) is 0 Å². The Hall–Kier alpha value is -3.47. The fourth-order valence-corrected chi connectivity index (χ4v) is 4.80. The Morgan fingerprint density at radius 2 is 1.26 bits per heavy atom. The van der Waals surface area contributed by atoms with Gasteiger partial charge in [0.05, 0.1) is 22.4 Å². The van der Waals surface area contributed by atoms with Crippen LogP contribution < -0.4 is 5.46 Å². The maximum atomic E-state index is 6.37. The van der Waals surface area contributed by atoms with E-state index in [1.807, 2.05) is 6.07 Å². The van der Waals surface area contributed by atoms with Gasteiger partial charge in [-0.3, -0.25) is 0 Å². The largest absolute Gasteiger partial charge is 0.494 e. The Morgan fingerprint density at radius 1 is 0.657 bits per heavy atom. The lowest BCUT2D eigenvalue weighted by molar-refractivity contribution is 0.00578. The predicted octanol–water partition coefficient (Wildman–Crippen LogP) is 7.02. The van der Waals surface area contributed by atoms with E-state index in [1.165, 1.54) is 16.5 Å². The third kappa shape index (κ3) is 3.74. The Labute approximate surface area is 206 Å². The van der Waals surface area contributed by atoms with Crippen LogP contribution in [0.2, 0.25) is 0 Å². The molecule has 1 aliphatic heterocycles. The number of hydrogen-bond acceptors (Lipinski definition) is 3. The molecule has 0 N–H and O–H groups in total. The van der Waals surface area contributed by atoms with E-state index < -0.39 is 7.12 Å². The van der Waals surface area contributed by atoms with Crippen LogP contribution in [-0.2, 0) is 9.31 Å². The van der Waals surface area contributed by atoms with Gasteiger partial charge in [0.15, 0.2) is 0 Å². The van der Waals surface area contributed by atoms with Crippen LogP contribution in [0.1, 0.15) is 27.7 Å². The molecule has 0 spiro atoms. The topological polar surface area (TPSA) is 31.4 Å². The summed E-state index contributed by atoms with van der Waals surface area (Å²) < 4.78 is 12.7. The summed E-state index contributed by atoms with van der Waals surface area (Å²) in [5.41, 5.74) is 5.66. The van der Waals surface area contributed by atoms with E-state index in [9.17, 15) is 0 Å². The van der Waals surface area contributed by atoms with Gasteiger partial charge in [-0.1, -0.05) is 84.9 Å². The summed E-state index contributed by atoms with van der Waals surface area (Å²) in [6, 6.07) is 33.9. The van der Waals surface area contributed by atoms with E-state index in [1.54, 1.807) is 0 Å². The van der Waals surface area contributed by atoms with Gasteiger partial charge in [-0.2, -0.15) is 0 Å². The number of rotatable bonds is 3. The zero-order chi connectivity index (χ0) is 24.2. The first-order chi connectivity index (χ1) is 16.8. The molecule has 6 rings (SSSR count). The molecule has 2 heterocycles. The summed E-state index contributed by atoms with van der Waals surface area (Å²) in [6.45, 7) is 8.36. The summed E-state index contributed by atoms with van der Waals surface area (Å²) >= 11 is 0. The molecule has 1 fully saturated rings. The third-order valence-corrected chi connectivity index (χ3v) is 7.49. The molecule has 5 aromatic rings. The number of nitrogens with zero attached hydrogens (tertiary/aromatic N) is 1. The molecular weight excluding hydrogens is 429 g/mol. The van der Waals surface area contributed by atoms with Gasteiger partial charge in [-0.15, -0.1) is 0 Å². The highest BCUT2D eigenvalue weighted by Gasteiger charge is 2.51. The molecule has 0 saturated carbocycles. The van der Waals surface area contributed by atoms with Gasteiger partial charge in [-0.25, -0.2) is 4.98 Å². The van der Waals surface area contributed by atoms with Crippen LogP contribution in [0.15, 0.2) is 97.1 Å². The van der Waals surface area contributed by atoms with E-state index >= 15 is 0 Å². The molecule has 35 heavy (non-hydrogen) atoms. The minimum Gasteiger partial charge on any atom is -0.399 e. The van der Waals surface area contributed by atoms with Gasteiger partial charge in [0.1, 0.15) is 0 Å². The van der Waals surface area contributed by atoms with E-state index in [-0.39, 0.29) is 11.2 Å². The average Bonchev–Trinajstić information content (AvgIpc) is 3.10. The number of fused-ring (bicyclic) bond motifs is 3. The number of hydrogen-bond donors (Lipinski definition) is 0. The second-order valence-electron chi connectivity index (χ2n) is 10.3. The van der Waals surface area contributed by atoms with Crippen LogP contribution in [-0.4, -0.2) is 23.3 Å². The second-order valence-corrected chi connectivity index (χ2v) is 10.3. The molecule has 0 atom stereocenters. The standard InChI is InChI=1S/C31H28BNO2/c1-30(2)31(3,4)35-32(34-30)24-17-15-22-16-18-27-29(25(22)19-24)26(21-11-7-5-8-12-21)20-28(33-27)23-13-9-6-10-14-23/h5-20H,1-4H3. The Bertz CT molecular complexity index is 1530. The highest BCUT2D eigenvalue weighted by atomic mass is 16.7. The lowest BCUT2D eigenvalue weighted by atomic mass is 9.77. The monoisotopic (exact) mass is 457 g/mol. The Morgan fingerprint density at radius 3 is 1.91 bits per heavy atom. The maximum absolute atomic E-state index is 6.37. The summed E-state index contributed by atoms with van der Waals surface area (Å²) in [4.78, 5) is 5.09. The zero-order valence-corrected chi connectivity index (χ0v) is 20.6. The summed E-state index contributed by atoms with van der Waals surface area (Å²) in [5.74, 6) is 0. The first-order valence-corrected chi connectivity index (χ1v) is 12.2. The normalized spacial score (nSPS) is 16.7. The van der Waals surface area contributed by atoms with Gasteiger partial charge < -0.3 is 9.31 Å². The average molecular weight is 457 g/mol. The van der Waals surface area contributed by atoms with Crippen molar-refractivity contribution in [3.63, 3.8) is 0 Å². The van der Waals surface area contributed by atoms with Crippen molar-refractivity contribution in [2.75, 3.05) is 0 Å². The summed E-state index contributed by atoms with van der Waals surface area (Å²) in [6.07, 6.45) is 0. The molecule has 0 bridgehead atoms. The van der Waals surface area contributed by atoms with Crippen molar-refractivity contribution < 1.29 is 9.31 Å². The van der Waals surface area contributed by atoms with E-state index in [4.69, 9.17) is 14.3 Å².